The summed E-state index contributed by atoms with van der Waals surface area (Å²) in [4.78, 5) is 4.32. The van der Waals surface area contributed by atoms with Crippen LogP contribution in [0, 0.1) is 6.92 Å². The van der Waals surface area contributed by atoms with Crippen LogP contribution in [0.3, 0.4) is 0 Å². The van der Waals surface area contributed by atoms with Gasteiger partial charge in [-0.15, -0.1) is 0 Å². The van der Waals surface area contributed by atoms with Gasteiger partial charge >= 0.3 is 0 Å². The fourth-order valence-electron chi connectivity index (χ4n) is 1.76. The number of halogens is 1. The number of rotatable bonds is 4. The second kappa shape index (κ2) is 5.93. The Labute approximate surface area is 120 Å². The van der Waals surface area contributed by atoms with Gasteiger partial charge in [0, 0.05) is 6.54 Å². The molecule has 0 fully saturated rings. The number of methoxy groups -OCH3 is 1. The molecule has 0 aliphatic rings. The number of anilines is 1. The largest absolute Gasteiger partial charge is 0.504 e. The van der Waals surface area contributed by atoms with Crippen molar-refractivity contribution in [2.24, 2.45) is 0 Å². The molecule has 0 spiro atoms. The number of ether oxygens (including phenoxy) is 1. The molecule has 0 atom stereocenters. The van der Waals surface area contributed by atoms with Gasteiger partial charge in [-0.2, -0.15) is 0 Å². The molecule has 1 aromatic heterocycles. The topological polar surface area (TPSA) is 54.4 Å². The van der Waals surface area contributed by atoms with Gasteiger partial charge in [0.1, 0.15) is 4.60 Å². The van der Waals surface area contributed by atoms with Gasteiger partial charge in [-0.05, 0) is 52.7 Å². The van der Waals surface area contributed by atoms with E-state index in [2.05, 4.69) is 26.2 Å². The van der Waals surface area contributed by atoms with Crippen molar-refractivity contribution in [3.63, 3.8) is 0 Å². The average Bonchev–Trinajstić information content (AvgIpc) is 2.38. The second-order valence-corrected chi connectivity index (χ2v) is 4.94. The Morgan fingerprint density at radius 2 is 2.11 bits per heavy atom. The molecule has 0 amide bonds. The first-order chi connectivity index (χ1) is 9.10. The summed E-state index contributed by atoms with van der Waals surface area (Å²) in [6.45, 7) is 2.56. The molecule has 0 bridgehead atoms. The number of aromatic nitrogens is 1. The van der Waals surface area contributed by atoms with E-state index in [1.165, 1.54) is 7.11 Å². The highest BCUT2D eigenvalue weighted by molar-refractivity contribution is 9.10. The van der Waals surface area contributed by atoms with Crippen LogP contribution in [0.5, 0.6) is 11.5 Å². The van der Waals surface area contributed by atoms with E-state index >= 15 is 0 Å². The molecule has 2 N–H and O–H groups in total. The summed E-state index contributed by atoms with van der Waals surface area (Å²) in [5.41, 5.74) is 2.87. The zero-order chi connectivity index (χ0) is 13.8. The minimum absolute atomic E-state index is 0.146. The van der Waals surface area contributed by atoms with E-state index in [-0.39, 0.29) is 5.75 Å². The molecule has 2 aromatic rings. The summed E-state index contributed by atoms with van der Waals surface area (Å²) in [7, 11) is 1.53. The first kappa shape index (κ1) is 13.7. The summed E-state index contributed by atoms with van der Waals surface area (Å²) in [5.74, 6) is 0.623. The normalized spacial score (nSPS) is 10.3. The number of phenolic OH excluding ortho intramolecular Hbond substituents is 1. The molecule has 2 rings (SSSR count). The third-order valence-electron chi connectivity index (χ3n) is 2.78. The van der Waals surface area contributed by atoms with Crippen LogP contribution in [-0.2, 0) is 6.54 Å². The third kappa shape index (κ3) is 3.38. The summed E-state index contributed by atoms with van der Waals surface area (Å²) < 4.78 is 5.83. The van der Waals surface area contributed by atoms with Crippen LogP contribution in [0.2, 0.25) is 0 Å². The van der Waals surface area contributed by atoms with Crippen molar-refractivity contribution in [1.82, 2.24) is 4.98 Å². The van der Waals surface area contributed by atoms with Crippen LogP contribution in [0.25, 0.3) is 0 Å². The number of nitrogens with one attached hydrogen (secondary N) is 1. The van der Waals surface area contributed by atoms with Crippen molar-refractivity contribution in [3.05, 3.63) is 46.2 Å². The Morgan fingerprint density at radius 1 is 1.32 bits per heavy atom. The molecule has 100 valence electrons. The standard InChI is InChI=1S/C14H15BrN2O2/c1-9-11(4-6-14(15)17-9)16-8-10-3-5-13(19-2)12(18)7-10/h3-7,16,18H,8H2,1-2H3. The van der Waals surface area contributed by atoms with Crippen LogP contribution in [-0.4, -0.2) is 17.2 Å². The zero-order valence-electron chi connectivity index (χ0n) is 10.8. The van der Waals surface area contributed by atoms with E-state index in [4.69, 9.17) is 4.74 Å². The van der Waals surface area contributed by atoms with E-state index in [9.17, 15) is 5.11 Å². The molecule has 5 heteroatoms. The Balaban J connectivity index is 2.08. The first-order valence-electron chi connectivity index (χ1n) is 5.83. The average molecular weight is 323 g/mol. The Hall–Kier alpha value is -1.75. The number of phenols is 1. The molecule has 0 saturated heterocycles. The summed E-state index contributed by atoms with van der Waals surface area (Å²) in [6, 6.07) is 9.20. The highest BCUT2D eigenvalue weighted by atomic mass is 79.9. The Morgan fingerprint density at radius 3 is 2.74 bits per heavy atom. The van der Waals surface area contributed by atoms with Crippen LogP contribution in [0.4, 0.5) is 5.69 Å². The van der Waals surface area contributed by atoms with Gasteiger partial charge in [-0.25, -0.2) is 4.98 Å². The minimum Gasteiger partial charge on any atom is -0.504 e. The van der Waals surface area contributed by atoms with E-state index in [1.54, 1.807) is 12.1 Å². The lowest BCUT2D eigenvalue weighted by Gasteiger charge is -2.10. The maximum Gasteiger partial charge on any atom is 0.160 e. The predicted molar refractivity (Wildman–Crippen MR) is 78.7 cm³/mol. The fraction of sp³-hybridized carbons (Fsp3) is 0.214. The van der Waals surface area contributed by atoms with Crippen molar-refractivity contribution < 1.29 is 9.84 Å². The number of aryl methyl sites for hydroxylation is 1. The SMILES string of the molecule is COc1ccc(CNc2ccc(Br)nc2C)cc1O. The maximum atomic E-state index is 9.71. The minimum atomic E-state index is 0.146. The predicted octanol–water partition coefficient (Wildman–Crippen LogP) is 3.48. The number of aromatic hydroxyl groups is 1. The molecular weight excluding hydrogens is 308 g/mol. The van der Waals surface area contributed by atoms with Crippen LogP contribution < -0.4 is 10.1 Å². The van der Waals surface area contributed by atoms with Gasteiger partial charge < -0.3 is 15.2 Å². The van der Waals surface area contributed by atoms with Gasteiger partial charge in [-0.1, -0.05) is 6.07 Å². The number of benzene rings is 1. The lowest BCUT2D eigenvalue weighted by Crippen LogP contribution is -2.02. The van der Waals surface area contributed by atoms with Crippen molar-refractivity contribution in [2.45, 2.75) is 13.5 Å². The monoisotopic (exact) mass is 322 g/mol. The third-order valence-corrected chi connectivity index (χ3v) is 3.22. The van der Waals surface area contributed by atoms with E-state index < -0.39 is 0 Å². The molecule has 0 aliphatic heterocycles. The second-order valence-electron chi connectivity index (χ2n) is 4.13. The van der Waals surface area contributed by atoms with Gasteiger partial charge in [0.25, 0.3) is 0 Å². The maximum absolute atomic E-state index is 9.71. The van der Waals surface area contributed by atoms with Crippen LogP contribution >= 0.6 is 15.9 Å². The van der Waals surface area contributed by atoms with E-state index in [0.717, 1.165) is 21.5 Å². The summed E-state index contributed by atoms with van der Waals surface area (Å²) in [6.07, 6.45) is 0. The van der Waals surface area contributed by atoms with Crippen molar-refractivity contribution in [3.8, 4) is 11.5 Å². The lowest BCUT2D eigenvalue weighted by atomic mass is 10.2. The highest BCUT2D eigenvalue weighted by Crippen LogP contribution is 2.26. The first-order valence-corrected chi connectivity index (χ1v) is 6.62. The Bertz CT molecular complexity index is 588. The summed E-state index contributed by atoms with van der Waals surface area (Å²) in [5, 5.41) is 13.0. The zero-order valence-corrected chi connectivity index (χ0v) is 12.4. The molecule has 0 aliphatic carbocycles. The Kier molecular flexibility index (Phi) is 4.27. The van der Waals surface area contributed by atoms with E-state index in [0.29, 0.717) is 12.3 Å². The van der Waals surface area contributed by atoms with Crippen LogP contribution in [0.15, 0.2) is 34.9 Å². The molecular formula is C14H15BrN2O2. The van der Waals surface area contributed by atoms with Crippen molar-refractivity contribution >= 4 is 21.6 Å². The van der Waals surface area contributed by atoms with Gasteiger partial charge in [0.15, 0.2) is 11.5 Å². The number of nitrogens with zero attached hydrogens (tertiary/aromatic N) is 1. The molecule has 0 saturated carbocycles. The smallest absolute Gasteiger partial charge is 0.160 e. The van der Waals surface area contributed by atoms with Crippen molar-refractivity contribution in [2.75, 3.05) is 12.4 Å². The molecule has 19 heavy (non-hydrogen) atoms. The molecule has 0 radical (unpaired) electrons. The van der Waals surface area contributed by atoms with Gasteiger partial charge in [0.05, 0.1) is 18.5 Å². The number of pyridine rings is 1. The molecule has 0 unspecified atom stereocenters. The number of hydrogen-bond donors (Lipinski definition) is 2. The highest BCUT2D eigenvalue weighted by Gasteiger charge is 2.04. The summed E-state index contributed by atoms with van der Waals surface area (Å²) >= 11 is 3.33. The van der Waals surface area contributed by atoms with E-state index in [1.807, 2.05) is 25.1 Å². The molecule has 4 nitrogen and oxygen atoms in total. The number of hydrogen-bond acceptors (Lipinski definition) is 4. The lowest BCUT2D eigenvalue weighted by molar-refractivity contribution is 0.373. The van der Waals surface area contributed by atoms with Gasteiger partial charge in [-0.3, -0.25) is 0 Å². The van der Waals surface area contributed by atoms with Gasteiger partial charge in [0.2, 0.25) is 0 Å². The van der Waals surface area contributed by atoms with Crippen molar-refractivity contribution in [1.29, 1.82) is 0 Å². The fourth-order valence-corrected chi connectivity index (χ4v) is 2.16. The quantitative estimate of drug-likeness (QED) is 0.846. The molecule has 1 aromatic carbocycles. The molecule has 1 heterocycles. The van der Waals surface area contributed by atoms with Crippen LogP contribution in [0.1, 0.15) is 11.3 Å².